The van der Waals surface area contributed by atoms with Crippen LogP contribution in [-0.2, 0) is 11.3 Å². The van der Waals surface area contributed by atoms with E-state index in [2.05, 4.69) is 29.0 Å². The van der Waals surface area contributed by atoms with Crippen molar-refractivity contribution in [2.45, 2.75) is 51.8 Å². The molecule has 2 rings (SSSR count). The summed E-state index contributed by atoms with van der Waals surface area (Å²) in [7, 11) is 2.00. The standard InChI is InChI=1S/C16H26FN3O/c1-12(2)18-9-13-8-14(17)10-19-16(13)20(3)11-15-6-4-5-7-21-15/h8,10,12,15,18H,4-7,9,11H2,1-3H3. The Kier molecular flexibility index (Phi) is 5.94. The highest BCUT2D eigenvalue weighted by molar-refractivity contribution is 5.46. The second-order valence-corrected chi connectivity index (χ2v) is 6.04. The Morgan fingerprint density at radius 1 is 1.48 bits per heavy atom. The molecule has 0 saturated carbocycles. The topological polar surface area (TPSA) is 37.4 Å². The largest absolute Gasteiger partial charge is 0.376 e. The Morgan fingerprint density at radius 3 is 2.95 bits per heavy atom. The molecule has 0 aliphatic carbocycles. The van der Waals surface area contributed by atoms with Gasteiger partial charge in [0.1, 0.15) is 11.6 Å². The van der Waals surface area contributed by atoms with Gasteiger partial charge in [-0.15, -0.1) is 0 Å². The average Bonchev–Trinajstić information content (AvgIpc) is 2.46. The van der Waals surface area contributed by atoms with E-state index in [4.69, 9.17) is 4.74 Å². The predicted molar refractivity (Wildman–Crippen MR) is 83.0 cm³/mol. The second-order valence-electron chi connectivity index (χ2n) is 6.04. The molecule has 21 heavy (non-hydrogen) atoms. The van der Waals surface area contributed by atoms with Crippen LogP contribution in [0.4, 0.5) is 10.2 Å². The Morgan fingerprint density at radius 2 is 2.29 bits per heavy atom. The van der Waals surface area contributed by atoms with E-state index >= 15 is 0 Å². The Balaban J connectivity index is 2.05. The van der Waals surface area contributed by atoms with Crippen molar-refractivity contribution in [1.82, 2.24) is 10.3 Å². The van der Waals surface area contributed by atoms with Crippen molar-refractivity contribution in [3.8, 4) is 0 Å². The van der Waals surface area contributed by atoms with Gasteiger partial charge in [0.2, 0.25) is 0 Å². The van der Waals surface area contributed by atoms with Crippen molar-refractivity contribution in [1.29, 1.82) is 0 Å². The summed E-state index contributed by atoms with van der Waals surface area (Å²) in [6.45, 7) is 6.41. The lowest BCUT2D eigenvalue weighted by atomic mass is 10.1. The van der Waals surface area contributed by atoms with Crippen LogP contribution in [0.25, 0.3) is 0 Å². The van der Waals surface area contributed by atoms with Crippen LogP contribution in [-0.4, -0.2) is 37.3 Å². The van der Waals surface area contributed by atoms with Crippen molar-refractivity contribution in [2.75, 3.05) is 25.1 Å². The van der Waals surface area contributed by atoms with Crippen LogP contribution >= 0.6 is 0 Å². The summed E-state index contributed by atoms with van der Waals surface area (Å²) in [6.07, 6.45) is 4.99. The number of rotatable bonds is 6. The molecule has 1 unspecified atom stereocenters. The van der Waals surface area contributed by atoms with Gasteiger partial charge in [-0.25, -0.2) is 9.37 Å². The van der Waals surface area contributed by atoms with Gasteiger partial charge in [0, 0.05) is 38.3 Å². The Hall–Kier alpha value is -1.20. The molecule has 5 heteroatoms. The number of hydrogen-bond acceptors (Lipinski definition) is 4. The van der Waals surface area contributed by atoms with Crippen molar-refractivity contribution in [3.05, 3.63) is 23.6 Å². The molecule has 0 amide bonds. The molecule has 4 nitrogen and oxygen atoms in total. The van der Waals surface area contributed by atoms with Gasteiger partial charge >= 0.3 is 0 Å². The Labute approximate surface area is 126 Å². The number of nitrogens with one attached hydrogen (secondary N) is 1. The molecule has 1 atom stereocenters. The Bertz CT molecular complexity index is 447. The third kappa shape index (κ3) is 4.93. The van der Waals surface area contributed by atoms with Gasteiger partial charge < -0.3 is 15.0 Å². The van der Waals surface area contributed by atoms with Crippen molar-refractivity contribution >= 4 is 5.82 Å². The first-order valence-electron chi connectivity index (χ1n) is 7.77. The minimum atomic E-state index is -0.290. The molecular weight excluding hydrogens is 269 g/mol. The van der Waals surface area contributed by atoms with Gasteiger partial charge in [0.25, 0.3) is 0 Å². The average molecular weight is 295 g/mol. The zero-order chi connectivity index (χ0) is 15.2. The van der Waals surface area contributed by atoms with Crippen molar-refractivity contribution in [3.63, 3.8) is 0 Å². The minimum Gasteiger partial charge on any atom is -0.376 e. The fourth-order valence-electron chi connectivity index (χ4n) is 2.61. The number of aromatic nitrogens is 1. The molecule has 0 radical (unpaired) electrons. The first kappa shape index (κ1) is 16.2. The van der Waals surface area contributed by atoms with E-state index in [1.807, 2.05) is 7.05 Å². The number of pyridine rings is 1. The molecule has 118 valence electrons. The van der Waals surface area contributed by atoms with E-state index in [0.29, 0.717) is 12.6 Å². The lowest BCUT2D eigenvalue weighted by Gasteiger charge is -2.29. The van der Waals surface area contributed by atoms with Crippen molar-refractivity contribution in [2.24, 2.45) is 0 Å². The number of halogens is 1. The van der Waals surface area contributed by atoms with E-state index in [-0.39, 0.29) is 11.9 Å². The molecule has 1 aliphatic rings. The van der Waals surface area contributed by atoms with Gasteiger partial charge in [-0.3, -0.25) is 0 Å². The molecular formula is C16H26FN3O. The third-order valence-electron chi connectivity index (χ3n) is 3.72. The number of anilines is 1. The highest BCUT2D eigenvalue weighted by Crippen LogP contribution is 2.20. The number of likely N-dealkylation sites (N-methyl/N-ethyl adjacent to an activating group) is 1. The zero-order valence-corrected chi connectivity index (χ0v) is 13.2. The molecule has 0 aromatic carbocycles. The highest BCUT2D eigenvalue weighted by atomic mass is 19.1. The molecule has 0 bridgehead atoms. The van der Waals surface area contributed by atoms with Crippen LogP contribution in [0, 0.1) is 5.82 Å². The SMILES string of the molecule is CC(C)NCc1cc(F)cnc1N(C)CC1CCCCO1. The van der Waals surface area contributed by atoms with Gasteiger partial charge in [-0.1, -0.05) is 13.8 Å². The zero-order valence-electron chi connectivity index (χ0n) is 13.2. The predicted octanol–water partition coefficient (Wildman–Crippen LogP) is 2.72. The molecule has 1 aromatic heterocycles. The van der Waals surface area contributed by atoms with Crippen LogP contribution in [0.15, 0.2) is 12.3 Å². The van der Waals surface area contributed by atoms with Gasteiger partial charge in [-0.2, -0.15) is 0 Å². The van der Waals surface area contributed by atoms with Gasteiger partial charge in [-0.05, 0) is 25.3 Å². The van der Waals surface area contributed by atoms with Crippen LogP contribution in [0.3, 0.4) is 0 Å². The van der Waals surface area contributed by atoms with E-state index < -0.39 is 0 Å². The third-order valence-corrected chi connectivity index (χ3v) is 3.72. The summed E-state index contributed by atoms with van der Waals surface area (Å²) >= 11 is 0. The summed E-state index contributed by atoms with van der Waals surface area (Å²) in [4.78, 5) is 6.35. The van der Waals surface area contributed by atoms with Crippen LogP contribution < -0.4 is 10.2 Å². The molecule has 1 saturated heterocycles. The maximum absolute atomic E-state index is 13.5. The summed E-state index contributed by atoms with van der Waals surface area (Å²) in [6, 6.07) is 1.92. The molecule has 1 fully saturated rings. The molecule has 2 heterocycles. The quantitative estimate of drug-likeness (QED) is 0.875. The molecule has 1 aliphatic heterocycles. The van der Waals surface area contributed by atoms with Crippen LogP contribution in [0.5, 0.6) is 0 Å². The lowest BCUT2D eigenvalue weighted by molar-refractivity contribution is 0.0215. The summed E-state index contributed by atoms with van der Waals surface area (Å²) in [5, 5.41) is 3.32. The highest BCUT2D eigenvalue weighted by Gasteiger charge is 2.18. The fraction of sp³-hybridized carbons (Fsp3) is 0.688. The van der Waals surface area contributed by atoms with Crippen molar-refractivity contribution < 1.29 is 9.13 Å². The molecule has 1 N–H and O–H groups in total. The van der Waals surface area contributed by atoms with Gasteiger partial charge in [0.15, 0.2) is 0 Å². The molecule has 0 spiro atoms. The molecule has 1 aromatic rings. The second kappa shape index (κ2) is 7.71. The fourth-order valence-corrected chi connectivity index (χ4v) is 2.61. The van der Waals surface area contributed by atoms with Gasteiger partial charge in [0.05, 0.1) is 12.3 Å². The monoisotopic (exact) mass is 295 g/mol. The smallest absolute Gasteiger partial charge is 0.141 e. The minimum absolute atomic E-state index is 0.251. The van der Waals surface area contributed by atoms with E-state index in [9.17, 15) is 4.39 Å². The summed E-state index contributed by atoms with van der Waals surface area (Å²) < 4.78 is 19.2. The van der Waals surface area contributed by atoms with Crippen LogP contribution in [0.1, 0.15) is 38.7 Å². The number of ether oxygens (including phenoxy) is 1. The van der Waals surface area contributed by atoms with Crippen LogP contribution in [0.2, 0.25) is 0 Å². The normalized spacial score (nSPS) is 19.0. The summed E-state index contributed by atoms with van der Waals surface area (Å²) in [5.41, 5.74) is 0.891. The first-order chi connectivity index (χ1) is 10.1. The number of nitrogens with zero attached hydrogens (tertiary/aromatic N) is 2. The maximum Gasteiger partial charge on any atom is 0.141 e. The maximum atomic E-state index is 13.5. The van der Waals surface area contributed by atoms with E-state index in [0.717, 1.165) is 37.4 Å². The van der Waals surface area contributed by atoms with E-state index in [1.54, 1.807) is 6.07 Å². The number of hydrogen-bond donors (Lipinski definition) is 1. The first-order valence-corrected chi connectivity index (χ1v) is 7.77. The lowest BCUT2D eigenvalue weighted by Crippen LogP contribution is -2.34. The van der Waals surface area contributed by atoms with E-state index in [1.165, 1.54) is 12.6 Å². The summed E-state index contributed by atoms with van der Waals surface area (Å²) in [5.74, 6) is 0.542.